The van der Waals surface area contributed by atoms with Gasteiger partial charge in [-0.3, -0.25) is 9.59 Å². The number of rotatable bonds is 14. The lowest BCUT2D eigenvalue weighted by atomic mass is 10.1. The minimum Gasteiger partial charge on any atom is -0.493 e. The van der Waals surface area contributed by atoms with Gasteiger partial charge in [0.05, 0.1) is 12.9 Å². The molecule has 1 saturated carbocycles. The fourth-order valence-corrected chi connectivity index (χ4v) is 4.12. The van der Waals surface area contributed by atoms with Crippen molar-refractivity contribution in [1.29, 1.82) is 0 Å². The molecule has 6 nitrogen and oxygen atoms in total. The molecule has 35 heavy (non-hydrogen) atoms. The molecule has 0 radical (unpaired) electrons. The molecule has 184 valence electrons. The normalized spacial score (nSPS) is 12.9. The highest BCUT2D eigenvalue weighted by Crippen LogP contribution is 2.33. The Morgan fingerprint density at radius 3 is 2.49 bits per heavy atom. The van der Waals surface area contributed by atoms with Crippen molar-refractivity contribution < 1.29 is 23.8 Å². The molecular formula is C29H33NO5. The Morgan fingerprint density at radius 1 is 0.971 bits per heavy atom. The van der Waals surface area contributed by atoms with E-state index in [0.717, 1.165) is 47.8 Å². The number of carboxylic acids is 1. The summed E-state index contributed by atoms with van der Waals surface area (Å²) in [5, 5.41) is 8.77. The molecule has 3 aromatic rings. The van der Waals surface area contributed by atoms with Gasteiger partial charge in [0.25, 0.3) is 5.91 Å². The predicted octanol–water partition coefficient (Wildman–Crippen LogP) is 6.41. The molecule has 4 rings (SSSR count). The lowest BCUT2D eigenvalue weighted by Crippen LogP contribution is -2.32. The van der Waals surface area contributed by atoms with E-state index in [1.807, 2.05) is 65.6 Å². The molecule has 1 fully saturated rings. The molecule has 0 unspecified atom stereocenters. The van der Waals surface area contributed by atoms with Gasteiger partial charge >= 0.3 is 5.97 Å². The van der Waals surface area contributed by atoms with Crippen LogP contribution in [0.3, 0.4) is 0 Å². The van der Waals surface area contributed by atoms with E-state index in [1.165, 1.54) is 12.8 Å². The lowest BCUT2D eigenvalue weighted by molar-refractivity contribution is -0.137. The smallest absolute Gasteiger partial charge is 0.303 e. The van der Waals surface area contributed by atoms with Gasteiger partial charge in [-0.2, -0.15) is 0 Å². The molecule has 1 amide bonds. The van der Waals surface area contributed by atoms with Crippen molar-refractivity contribution in [1.82, 2.24) is 4.90 Å². The quantitative estimate of drug-likeness (QED) is 0.272. The topological polar surface area (TPSA) is 80.0 Å². The highest BCUT2D eigenvalue weighted by molar-refractivity contribution is 5.94. The molecule has 1 N–H and O–H groups in total. The molecule has 0 bridgehead atoms. The van der Waals surface area contributed by atoms with Crippen LogP contribution in [-0.2, 0) is 11.3 Å². The number of benzene rings is 2. The summed E-state index contributed by atoms with van der Waals surface area (Å²) in [5.74, 6) is 1.54. The van der Waals surface area contributed by atoms with Crippen molar-refractivity contribution in [2.45, 2.75) is 51.5 Å². The van der Waals surface area contributed by atoms with Crippen LogP contribution < -0.4 is 4.74 Å². The van der Waals surface area contributed by atoms with Crippen LogP contribution in [0.4, 0.5) is 0 Å². The number of carbonyl (C=O) groups excluding carboxylic acids is 1. The Bertz CT molecular complexity index is 1090. The van der Waals surface area contributed by atoms with Crippen molar-refractivity contribution >= 4 is 11.9 Å². The van der Waals surface area contributed by atoms with E-state index in [0.29, 0.717) is 31.7 Å². The van der Waals surface area contributed by atoms with Gasteiger partial charge in [0.1, 0.15) is 11.5 Å². The fourth-order valence-electron chi connectivity index (χ4n) is 4.12. The Morgan fingerprint density at radius 2 is 1.77 bits per heavy atom. The standard InChI is InChI=1S/C29H33NO5/c31-28(32)10-2-1-5-19-34-27-8-4-3-7-25(27)21-30(18-17-22-11-12-22)29(33)24-15-13-23(14-16-24)26-9-6-20-35-26/h3-4,6-9,13-16,20,22H,1-2,5,10-12,17-19,21H2,(H,31,32). The zero-order chi connectivity index (χ0) is 24.5. The van der Waals surface area contributed by atoms with Gasteiger partial charge in [-0.25, -0.2) is 0 Å². The molecule has 1 aromatic heterocycles. The Hall–Kier alpha value is -3.54. The summed E-state index contributed by atoms with van der Waals surface area (Å²) in [6.45, 7) is 1.73. The average Bonchev–Trinajstić information content (AvgIpc) is 3.54. The first-order valence-electron chi connectivity index (χ1n) is 12.5. The largest absolute Gasteiger partial charge is 0.493 e. The number of carboxylic acid groups (broad SMARTS) is 1. The van der Waals surface area contributed by atoms with E-state index in [9.17, 15) is 9.59 Å². The maximum absolute atomic E-state index is 13.5. The van der Waals surface area contributed by atoms with E-state index in [2.05, 4.69) is 0 Å². The highest BCUT2D eigenvalue weighted by atomic mass is 16.5. The summed E-state index contributed by atoms with van der Waals surface area (Å²) in [7, 11) is 0. The average molecular weight is 476 g/mol. The molecule has 6 heteroatoms. The van der Waals surface area contributed by atoms with Crippen LogP contribution in [0.25, 0.3) is 11.3 Å². The second kappa shape index (κ2) is 12.2. The third-order valence-electron chi connectivity index (χ3n) is 6.36. The molecule has 1 heterocycles. The molecule has 0 spiro atoms. The van der Waals surface area contributed by atoms with Crippen LogP contribution in [0.5, 0.6) is 5.75 Å². The van der Waals surface area contributed by atoms with Crippen molar-refractivity contribution in [2.75, 3.05) is 13.2 Å². The van der Waals surface area contributed by atoms with Gasteiger partial charge in [-0.1, -0.05) is 43.2 Å². The molecule has 1 aliphatic rings. The third kappa shape index (κ3) is 7.47. The fraction of sp³-hybridized carbons (Fsp3) is 0.379. The maximum atomic E-state index is 13.5. The Balaban J connectivity index is 1.40. The van der Waals surface area contributed by atoms with Crippen LogP contribution >= 0.6 is 0 Å². The zero-order valence-electron chi connectivity index (χ0n) is 20.0. The van der Waals surface area contributed by atoms with Gasteiger partial charge in [-0.05, 0) is 61.9 Å². The van der Waals surface area contributed by atoms with E-state index >= 15 is 0 Å². The molecule has 0 saturated heterocycles. The van der Waals surface area contributed by atoms with Gasteiger partial charge in [0.15, 0.2) is 0 Å². The second-order valence-electron chi connectivity index (χ2n) is 9.17. The second-order valence-corrected chi connectivity index (χ2v) is 9.17. The van der Waals surface area contributed by atoms with Crippen molar-refractivity contribution in [3.63, 3.8) is 0 Å². The summed E-state index contributed by atoms with van der Waals surface area (Å²) >= 11 is 0. The van der Waals surface area contributed by atoms with Crippen LogP contribution in [0.1, 0.15) is 60.9 Å². The predicted molar refractivity (Wildman–Crippen MR) is 134 cm³/mol. The first-order chi connectivity index (χ1) is 17.1. The first kappa shape index (κ1) is 24.6. The number of hydrogen-bond donors (Lipinski definition) is 1. The molecule has 0 atom stereocenters. The Kier molecular flexibility index (Phi) is 8.60. The maximum Gasteiger partial charge on any atom is 0.303 e. The monoisotopic (exact) mass is 475 g/mol. The summed E-state index contributed by atoms with van der Waals surface area (Å²) in [6, 6.07) is 19.2. The highest BCUT2D eigenvalue weighted by Gasteiger charge is 2.25. The van der Waals surface area contributed by atoms with Crippen molar-refractivity contribution in [3.05, 3.63) is 78.1 Å². The number of ether oxygens (including phenoxy) is 1. The minimum absolute atomic E-state index is 0.0140. The SMILES string of the molecule is O=C(O)CCCCCOc1ccccc1CN(CCC1CC1)C(=O)c1ccc(-c2ccco2)cc1. The molecule has 1 aliphatic carbocycles. The van der Waals surface area contributed by atoms with Crippen molar-refractivity contribution in [2.24, 2.45) is 5.92 Å². The number of amides is 1. The van der Waals surface area contributed by atoms with Crippen LogP contribution in [-0.4, -0.2) is 35.0 Å². The number of carbonyl (C=O) groups is 2. The summed E-state index contributed by atoms with van der Waals surface area (Å²) in [5.41, 5.74) is 2.58. The number of unbranched alkanes of at least 4 members (excludes halogenated alkanes) is 2. The lowest BCUT2D eigenvalue weighted by Gasteiger charge is -2.24. The summed E-state index contributed by atoms with van der Waals surface area (Å²) < 4.78 is 11.5. The molecule has 0 aliphatic heterocycles. The molecular weight excluding hydrogens is 442 g/mol. The number of hydrogen-bond acceptors (Lipinski definition) is 4. The number of furan rings is 1. The van der Waals surface area contributed by atoms with Crippen LogP contribution in [0.15, 0.2) is 71.3 Å². The van der Waals surface area contributed by atoms with E-state index < -0.39 is 5.97 Å². The van der Waals surface area contributed by atoms with Gasteiger partial charge in [0.2, 0.25) is 0 Å². The van der Waals surface area contributed by atoms with Gasteiger partial charge < -0.3 is 19.2 Å². The number of para-hydroxylation sites is 1. The number of aliphatic carboxylic acids is 1. The van der Waals surface area contributed by atoms with Crippen LogP contribution in [0, 0.1) is 5.92 Å². The van der Waals surface area contributed by atoms with E-state index in [1.54, 1.807) is 6.26 Å². The van der Waals surface area contributed by atoms with E-state index in [4.69, 9.17) is 14.3 Å². The summed E-state index contributed by atoms with van der Waals surface area (Å²) in [6.07, 6.45) is 7.62. The van der Waals surface area contributed by atoms with Gasteiger partial charge in [-0.15, -0.1) is 0 Å². The van der Waals surface area contributed by atoms with Crippen molar-refractivity contribution in [3.8, 4) is 17.1 Å². The molecule has 2 aromatic carbocycles. The Labute approximate surface area is 206 Å². The van der Waals surface area contributed by atoms with Crippen LogP contribution in [0.2, 0.25) is 0 Å². The third-order valence-corrected chi connectivity index (χ3v) is 6.36. The number of nitrogens with zero attached hydrogens (tertiary/aromatic N) is 1. The summed E-state index contributed by atoms with van der Waals surface area (Å²) in [4.78, 5) is 26.1. The van der Waals surface area contributed by atoms with Gasteiger partial charge in [0, 0.05) is 36.2 Å². The van der Waals surface area contributed by atoms with E-state index in [-0.39, 0.29) is 12.3 Å². The zero-order valence-corrected chi connectivity index (χ0v) is 20.0. The minimum atomic E-state index is -0.761. The first-order valence-corrected chi connectivity index (χ1v) is 12.5.